The molecule has 0 bridgehead atoms. The molecule has 0 radical (unpaired) electrons. The Labute approximate surface area is 177 Å². The lowest BCUT2D eigenvalue weighted by Gasteiger charge is -2.18. The minimum atomic E-state index is 0.416. The van der Waals surface area contributed by atoms with Crippen molar-refractivity contribution < 1.29 is 0 Å². The largest absolute Gasteiger partial charge is 0.247 e. The highest BCUT2D eigenvalue weighted by Crippen LogP contribution is 2.36. The van der Waals surface area contributed by atoms with Gasteiger partial charge in [-0.05, 0) is 42.0 Å². The van der Waals surface area contributed by atoms with Gasteiger partial charge in [-0.3, -0.25) is 0 Å². The SMILES string of the molecule is Cc1ccc(C(=Nc2c(C(C)C)cccc2C(C)C)c2cccc(Br)c2)cc1. The third kappa shape index (κ3) is 4.62. The smallest absolute Gasteiger partial charge is 0.0782 e. The molecule has 0 aliphatic heterocycles. The topological polar surface area (TPSA) is 12.4 Å². The number of benzene rings is 3. The van der Waals surface area contributed by atoms with Crippen LogP contribution >= 0.6 is 15.9 Å². The van der Waals surface area contributed by atoms with Crippen LogP contribution in [-0.2, 0) is 0 Å². The molecule has 0 saturated heterocycles. The summed E-state index contributed by atoms with van der Waals surface area (Å²) in [6.45, 7) is 11.1. The van der Waals surface area contributed by atoms with Gasteiger partial charge in [-0.2, -0.15) is 0 Å². The van der Waals surface area contributed by atoms with Gasteiger partial charge in [-0.15, -0.1) is 0 Å². The highest BCUT2D eigenvalue weighted by Gasteiger charge is 2.16. The van der Waals surface area contributed by atoms with Crippen LogP contribution in [0.4, 0.5) is 5.69 Å². The van der Waals surface area contributed by atoms with Crippen LogP contribution in [0.3, 0.4) is 0 Å². The summed E-state index contributed by atoms with van der Waals surface area (Å²) in [4.78, 5) is 5.31. The van der Waals surface area contributed by atoms with Crippen LogP contribution in [0, 0.1) is 6.92 Å². The second-order valence-electron chi connectivity index (χ2n) is 7.93. The number of rotatable bonds is 5. The van der Waals surface area contributed by atoms with E-state index in [0.717, 1.165) is 27.0 Å². The Balaban J connectivity index is 2.30. The molecule has 0 aliphatic rings. The minimum Gasteiger partial charge on any atom is -0.247 e. The molecular weight excluding hydrogens is 406 g/mol. The van der Waals surface area contributed by atoms with E-state index in [2.05, 4.69) is 117 Å². The maximum atomic E-state index is 5.31. The number of halogens is 1. The van der Waals surface area contributed by atoms with Crippen LogP contribution in [0.15, 0.2) is 76.2 Å². The Morgan fingerprint density at radius 2 is 1.32 bits per heavy atom. The molecule has 28 heavy (non-hydrogen) atoms. The molecule has 0 saturated carbocycles. The van der Waals surface area contributed by atoms with E-state index < -0.39 is 0 Å². The van der Waals surface area contributed by atoms with Crippen LogP contribution < -0.4 is 0 Å². The van der Waals surface area contributed by atoms with E-state index in [0.29, 0.717) is 11.8 Å². The van der Waals surface area contributed by atoms with Crippen molar-refractivity contribution in [1.82, 2.24) is 0 Å². The van der Waals surface area contributed by atoms with Crippen molar-refractivity contribution in [2.75, 3.05) is 0 Å². The van der Waals surface area contributed by atoms with Gasteiger partial charge in [0.15, 0.2) is 0 Å². The summed E-state index contributed by atoms with van der Waals surface area (Å²) < 4.78 is 1.06. The summed E-state index contributed by atoms with van der Waals surface area (Å²) in [5, 5.41) is 0. The molecule has 0 N–H and O–H groups in total. The first-order valence-corrected chi connectivity index (χ1v) is 10.7. The van der Waals surface area contributed by atoms with E-state index in [1.807, 2.05) is 0 Å². The average molecular weight is 434 g/mol. The first-order valence-electron chi connectivity index (χ1n) is 9.91. The molecule has 2 heteroatoms. The highest BCUT2D eigenvalue weighted by molar-refractivity contribution is 9.10. The van der Waals surface area contributed by atoms with Crippen molar-refractivity contribution in [3.63, 3.8) is 0 Å². The van der Waals surface area contributed by atoms with Crippen LogP contribution in [0.2, 0.25) is 0 Å². The Kier molecular flexibility index (Phi) is 6.51. The lowest BCUT2D eigenvalue weighted by Crippen LogP contribution is -2.05. The zero-order valence-electron chi connectivity index (χ0n) is 17.3. The summed E-state index contributed by atoms with van der Waals surface area (Å²) >= 11 is 3.62. The lowest BCUT2D eigenvalue weighted by molar-refractivity contribution is 0.834. The van der Waals surface area contributed by atoms with E-state index in [4.69, 9.17) is 4.99 Å². The predicted molar refractivity (Wildman–Crippen MR) is 125 cm³/mol. The summed E-state index contributed by atoms with van der Waals surface area (Å²) in [6, 6.07) is 23.6. The molecule has 3 aromatic rings. The Bertz CT molecular complexity index is 955. The van der Waals surface area contributed by atoms with E-state index in [1.54, 1.807) is 0 Å². The van der Waals surface area contributed by atoms with Crippen LogP contribution in [0.5, 0.6) is 0 Å². The number of hydrogen-bond acceptors (Lipinski definition) is 1. The summed E-state index contributed by atoms with van der Waals surface area (Å²) in [6.07, 6.45) is 0. The third-order valence-corrected chi connectivity index (χ3v) is 5.48. The van der Waals surface area contributed by atoms with Crippen molar-refractivity contribution in [3.05, 3.63) is 99.0 Å². The van der Waals surface area contributed by atoms with Crippen LogP contribution in [0.1, 0.15) is 67.3 Å². The van der Waals surface area contributed by atoms with Crippen molar-refractivity contribution in [1.29, 1.82) is 0 Å². The van der Waals surface area contributed by atoms with E-state index in [1.165, 1.54) is 16.7 Å². The zero-order valence-corrected chi connectivity index (χ0v) is 18.9. The summed E-state index contributed by atoms with van der Waals surface area (Å²) in [5.74, 6) is 0.832. The Morgan fingerprint density at radius 1 is 0.750 bits per heavy atom. The van der Waals surface area contributed by atoms with Gasteiger partial charge in [-0.25, -0.2) is 4.99 Å². The minimum absolute atomic E-state index is 0.416. The molecule has 3 aromatic carbocycles. The fraction of sp³-hybridized carbons (Fsp3) is 0.269. The number of aliphatic imine (C=N–C) groups is 1. The maximum Gasteiger partial charge on any atom is 0.0782 e. The third-order valence-electron chi connectivity index (χ3n) is 4.99. The highest BCUT2D eigenvalue weighted by atomic mass is 79.9. The van der Waals surface area contributed by atoms with Gasteiger partial charge >= 0.3 is 0 Å². The molecule has 144 valence electrons. The number of nitrogens with zero attached hydrogens (tertiary/aromatic N) is 1. The second-order valence-corrected chi connectivity index (χ2v) is 8.85. The van der Waals surface area contributed by atoms with Gasteiger partial charge in [0, 0.05) is 15.6 Å². The van der Waals surface area contributed by atoms with E-state index in [-0.39, 0.29) is 0 Å². The molecule has 1 nitrogen and oxygen atoms in total. The summed E-state index contributed by atoms with van der Waals surface area (Å²) in [7, 11) is 0. The first kappa shape index (κ1) is 20.5. The fourth-order valence-corrected chi connectivity index (χ4v) is 3.79. The Morgan fingerprint density at radius 3 is 1.86 bits per heavy atom. The number of aryl methyl sites for hydroxylation is 1. The zero-order chi connectivity index (χ0) is 20.3. The van der Waals surface area contributed by atoms with Gasteiger partial charge in [0.2, 0.25) is 0 Å². The quantitative estimate of drug-likeness (QED) is 0.359. The van der Waals surface area contributed by atoms with Crippen molar-refractivity contribution in [2.24, 2.45) is 4.99 Å². The first-order chi connectivity index (χ1) is 13.4. The molecule has 0 atom stereocenters. The standard InChI is InChI=1S/C26H28BrN/c1-17(2)23-10-7-11-24(18(3)4)26(23)28-25(20-14-12-19(5)13-15-20)21-8-6-9-22(27)16-21/h6-18H,1-5H3. The van der Waals surface area contributed by atoms with Crippen molar-refractivity contribution >= 4 is 27.3 Å². The number of hydrogen-bond donors (Lipinski definition) is 0. The van der Waals surface area contributed by atoms with Crippen molar-refractivity contribution in [3.8, 4) is 0 Å². The lowest BCUT2D eigenvalue weighted by atomic mass is 9.92. The second kappa shape index (κ2) is 8.87. The van der Waals surface area contributed by atoms with Crippen molar-refractivity contribution in [2.45, 2.75) is 46.5 Å². The molecule has 0 amide bonds. The maximum absolute atomic E-state index is 5.31. The van der Waals surface area contributed by atoms with E-state index >= 15 is 0 Å². The van der Waals surface area contributed by atoms with Gasteiger partial charge < -0.3 is 0 Å². The van der Waals surface area contributed by atoms with Gasteiger partial charge in [0.25, 0.3) is 0 Å². The van der Waals surface area contributed by atoms with Crippen LogP contribution in [0.25, 0.3) is 0 Å². The van der Waals surface area contributed by atoms with Gasteiger partial charge in [0.1, 0.15) is 0 Å². The predicted octanol–water partition coefficient (Wildman–Crippen LogP) is 8.17. The van der Waals surface area contributed by atoms with E-state index in [9.17, 15) is 0 Å². The number of para-hydroxylation sites is 1. The fourth-order valence-electron chi connectivity index (χ4n) is 3.40. The molecule has 0 aromatic heterocycles. The van der Waals surface area contributed by atoms with Gasteiger partial charge in [0.05, 0.1) is 11.4 Å². The average Bonchev–Trinajstić information content (AvgIpc) is 2.66. The molecular formula is C26H28BrN. The molecule has 3 rings (SSSR count). The summed E-state index contributed by atoms with van der Waals surface area (Å²) in [5.41, 5.74) is 8.22. The normalized spacial score (nSPS) is 12.1. The Hall–Kier alpha value is -2.19. The molecule has 0 heterocycles. The monoisotopic (exact) mass is 433 g/mol. The van der Waals surface area contributed by atoms with Crippen LogP contribution in [-0.4, -0.2) is 5.71 Å². The molecule has 0 unspecified atom stereocenters. The molecule has 0 fully saturated rings. The van der Waals surface area contributed by atoms with Gasteiger partial charge in [-0.1, -0.05) is 104 Å². The molecule has 0 aliphatic carbocycles. The molecule has 0 spiro atoms.